The second-order valence-electron chi connectivity index (χ2n) is 7.15. The topological polar surface area (TPSA) is 89.1 Å². The van der Waals surface area contributed by atoms with Crippen LogP contribution in [0.3, 0.4) is 0 Å². The van der Waals surface area contributed by atoms with Crippen molar-refractivity contribution in [2.24, 2.45) is 0 Å². The number of amides is 2. The molecule has 2 aliphatic heterocycles. The first-order valence-corrected chi connectivity index (χ1v) is 9.70. The Morgan fingerprint density at radius 2 is 1.86 bits per heavy atom. The number of ether oxygens (including phenoxy) is 3. The van der Waals surface area contributed by atoms with Crippen LogP contribution >= 0.6 is 12.4 Å². The third-order valence-corrected chi connectivity index (χ3v) is 5.36. The first-order chi connectivity index (χ1) is 13.5. The molecule has 2 aliphatic rings. The molecule has 2 heterocycles. The lowest BCUT2D eigenvalue weighted by Gasteiger charge is -2.35. The van der Waals surface area contributed by atoms with Gasteiger partial charge in [-0.3, -0.25) is 9.59 Å². The number of likely N-dealkylation sites (tertiary alicyclic amines) is 1. The van der Waals surface area contributed by atoms with Crippen molar-refractivity contribution in [2.75, 3.05) is 40.5 Å². The zero-order valence-corrected chi connectivity index (χ0v) is 17.9. The number of piperidine rings is 1. The number of morpholine rings is 1. The fraction of sp³-hybridized carbons (Fsp3) is 0.600. The van der Waals surface area contributed by atoms with Crippen LogP contribution in [0.1, 0.15) is 30.1 Å². The molecule has 1 aromatic carbocycles. The Morgan fingerprint density at radius 3 is 2.48 bits per heavy atom. The van der Waals surface area contributed by atoms with Crippen molar-refractivity contribution >= 4 is 24.2 Å². The van der Waals surface area contributed by atoms with Crippen LogP contribution in [0.25, 0.3) is 0 Å². The van der Waals surface area contributed by atoms with Gasteiger partial charge in [0.1, 0.15) is 6.04 Å². The Morgan fingerprint density at radius 1 is 1.17 bits per heavy atom. The Hall–Kier alpha value is -2.03. The van der Waals surface area contributed by atoms with Crippen molar-refractivity contribution in [1.82, 2.24) is 15.5 Å². The highest BCUT2D eigenvalue weighted by Gasteiger charge is 2.31. The summed E-state index contributed by atoms with van der Waals surface area (Å²) < 4.78 is 16.0. The standard InChI is InChI=1S/C20H29N3O5.ClH/c1-13-18(21-8-11-28-13)19(24)22-15-6-9-23(10-7-15)20(25)14-4-5-16(26-2)17(12-14)27-3;/h4-5,12-13,15,18,21H,6-11H2,1-3H3,(H,22,24);1H/t13-,18+;/m1./s1. The highest BCUT2D eigenvalue weighted by atomic mass is 35.5. The zero-order chi connectivity index (χ0) is 20.1. The smallest absolute Gasteiger partial charge is 0.253 e. The molecule has 2 saturated heterocycles. The minimum Gasteiger partial charge on any atom is -0.493 e. The second-order valence-corrected chi connectivity index (χ2v) is 7.15. The number of nitrogens with zero attached hydrogens (tertiary/aromatic N) is 1. The average molecular weight is 428 g/mol. The lowest BCUT2D eigenvalue weighted by atomic mass is 10.0. The van der Waals surface area contributed by atoms with E-state index in [0.717, 1.165) is 12.8 Å². The Labute approximate surface area is 177 Å². The first-order valence-electron chi connectivity index (χ1n) is 9.70. The molecule has 3 rings (SSSR count). The number of benzene rings is 1. The van der Waals surface area contributed by atoms with Crippen molar-refractivity contribution < 1.29 is 23.8 Å². The van der Waals surface area contributed by atoms with Crippen LogP contribution in [0.5, 0.6) is 11.5 Å². The molecule has 0 aromatic heterocycles. The highest BCUT2D eigenvalue weighted by Crippen LogP contribution is 2.28. The number of halogens is 1. The summed E-state index contributed by atoms with van der Waals surface area (Å²) in [5, 5.41) is 6.30. The fourth-order valence-electron chi connectivity index (χ4n) is 3.70. The lowest BCUT2D eigenvalue weighted by Crippen LogP contribution is -2.58. The van der Waals surface area contributed by atoms with Crippen LogP contribution < -0.4 is 20.1 Å². The number of hydrogen-bond acceptors (Lipinski definition) is 6. The van der Waals surface area contributed by atoms with E-state index in [-0.39, 0.29) is 42.4 Å². The zero-order valence-electron chi connectivity index (χ0n) is 17.1. The number of carbonyl (C=O) groups is 2. The van der Waals surface area contributed by atoms with Gasteiger partial charge in [-0.15, -0.1) is 12.4 Å². The SMILES string of the molecule is COc1ccc(C(=O)N2CCC(NC(=O)[C@H]3NCCO[C@@H]3C)CC2)cc1OC.Cl. The largest absolute Gasteiger partial charge is 0.493 e. The van der Waals surface area contributed by atoms with Gasteiger partial charge in [-0.05, 0) is 38.0 Å². The average Bonchev–Trinajstić information content (AvgIpc) is 2.73. The number of carbonyl (C=O) groups excluding carboxylic acids is 2. The van der Waals surface area contributed by atoms with Crippen LogP contribution in [0.4, 0.5) is 0 Å². The summed E-state index contributed by atoms with van der Waals surface area (Å²) in [6.45, 7) is 4.41. The van der Waals surface area contributed by atoms with Crippen molar-refractivity contribution in [3.05, 3.63) is 23.8 Å². The summed E-state index contributed by atoms with van der Waals surface area (Å²) in [5.74, 6) is 1.06. The highest BCUT2D eigenvalue weighted by molar-refractivity contribution is 5.95. The fourth-order valence-corrected chi connectivity index (χ4v) is 3.70. The molecule has 0 bridgehead atoms. The molecule has 0 aliphatic carbocycles. The molecule has 2 fully saturated rings. The van der Waals surface area contributed by atoms with E-state index in [1.54, 1.807) is 32.4 Å². The molecule has 162 valence electrons. The van der Waals surface area contributed by atoms with Gasteiger partial charge in [0.05, 0.1) is 26.9 Å². The molecular formula is C20H30ClN3O5. The van der Waals surface area contributed by atoms with Crippen molar-refractivity contribution in [2.45, 2.75) is 38.0 Å². The molecular weight excluding hydrogens is 398 g/mol. The number of rotatable bonds is 5. The van der Waals surface area contributed by atoms with E-state index >= 15 is 0 Å². The van der Waals surface area contributed by atoms with E-state index in [1.165, 1.54) is 0 Å². The number of nitrogens with one attached hydrogen (secondary N) is 2. The molecule has 2 amide bonds. The maximum atomic E-state index is 12.8. The predicted molar refractivity (Wildman–Crippen MR) is 111 cm³/mol. The van der Waals surface area contributed by atoms with Gasteiger partial charge in [0, 0.05) is 31.2 Å². The number of hydrogen-bond donors (Lipinski definition) is 2. The van der Waals surface area contributed by atoms with Gasteiger partial charge in [0.15, 0.2) is 11.5 Å². The van der Waals surface area contributed by atoms with Gasteiger partial charge in [0.25, 0.3) is 5.91 Å². The molecule has 1 aromatic rings. The monoisotopic (exact) mass is 427 g/mol. The van der Waals surface area contributed by atoms with E-state index in [9.17, 15) is 9.59 Å². The molecule has 8 nitrogen and oxygen atoms in total. The summed E-state index contributed by atoms with van der Waals surface area (Å²) >= 11 is 0. The van der Waals surface area contributed by atoms with E-state index in [0.29, 0.717) is 43.3 Å². The van der Waals surface area contributed by atoms with Crippen molar-refractivity contribution in [1.29, 1.82) is 0 Å². The van der Waals surface area contributed by atoms with Crippen LogP contribution in [-0.2, 0) is 9.53 Å². The van der Waals surface area contributed by atoms with Crippen LogP contribution in [-0.4, -0.2) is 75.4 Å². The maximum Gasteiger partial charge on any atom is 0.253 e. The third kappa shape index (κ3) is 5.52. The summed E-state index contributed by atoms with van der Waals surface area (Å²) in [5.41, 5.74) is 0.567. The van der Waals surface area contributed by atoms with Gasteiger partial charge in [0.2, 0.25) is 5.91 Å². The molecule has 0 unspecified atom stereocenters. The van der Waals surface area contributed by atoms with Crippen molar-refractivity contribution in [3.8, 4) is 11.5 Å². The van der Waals surface area contributed by atoms with Crippen molar-refractivity contribution in [3.63, 3.8) is 0 Å². The minimum atomic E-state index is -0.319. The quantitative estimate of drug-likeness (QED) is 0.734. The third-order valence-electron chi connectivity index (χ3n) is 5.36. The molecule has 2 N–H and O–H groups in total. The summed E-state index contributed by atoms with van der Waals surface area (Å²) in [4.78, 5) is 27.1. The van der Waals surface area contributed by atoms with Gasteiger partial charge < -0.3 is 29.7 Å². The normalized spacial score (nSPS) is 22.4. The van der Waals surface area contributed by atoms with E-state index in [4.69, 9.17) is 14.2 Å². The van der Waals surface area contributed by atoms with Crippen LogP contribution in [0.15, 0.2) is 18.2 Å². The molecule has 0 spiro atoms. The summed E-state index contributed by atoms with van der Waals surface area (Å²) in [7, 11) is 3.11. The summed E-state index contributed by atoms with van der Waals surface area (Å²) in [6.07, 6.45) is 1.32. The van der Waals surface area contributed by atoms with E-state index < -0.39 is 0 Å². The second kappa shape index (κ2) is 10.7. The predicted octanol–water partition coefficient (Wildman–Crippen LogP) is 1.22. The van der Waals surface area contributed by atoms with Gasteiger partial charge in [-0.25, -0.2) is 0 Å². The number of methoxy groups -OCH3 is 2. The molecule has 9 heteroatoms. The van der Waals surface area contributed by atoms with Crippen LogP contribution in [0, 0.1) is 0 Å². The minimum absolute atomic E-state index is 0. The molecule has 2 atom stereocenters. The van der Waals surface area contributed by atoms with E-state index in [2.05, 4.69) is 10.6 Å². The van der Waals surface area contributed by atoms with Crippen LogP contribution in [0.2, 0.25) is 0 Å². The maximum absolute atomic E-state index is 12.8. The Balaban J connectivity index is 0.00000300. The molecule has 0 radical (unpaired) electrons. The van der Waals surface area contributed by atoms with Gasteiger partial charge >= 0.3 is 0 Å². The van der Waals surface area contributed by atoms with Gasteiger partial charge in [-0.2, -0.15) is 0 Å². The molecule has 29 heavy (non-hydrogen) atoms. The Kier molecular flexibility index (Phi) is 8.55. The van der Waals surface area contributed by atoms with E-state index in [1.807, 2.05) is 11.8 Å². The lowest BCUT2D eigenvalue weighted by molar-refractivity contribution is -0.129. The van der Waals surface area contributed by atoms with Gasteiger partial charge in [-0.1, -0.05) is 0 Å². The molecule has 0 saturated carbocycles. The Bertz CT molecular complexity index is 709. The summed E-state index contributed by atoms with van der Waals surface area (Å²) in [6, 6.07) is 4.93. The first kappa shape index (κ1) is 23.3.